The Kier molecular flexibility index (Phi) is 11.1. The average Bonchev–Trinajstić information content (AvgIpc) is 3.47. The average molecular weight is 536 g/mol. The maximum atomic E-state index is 13.7. The highest BCUT2D eigenvalue weighted by atomic mass is 16.6. The van der Waals surface area contributed by atoms with Gasteiger partial charge in [-0.25, -0.2) is 4.79 Å². The van der Waals surface area contributed by atoms with Crippen LogP contribution in [0.3, 0.4) is 0 Å². The van der Waals surface area contributed by atoms with Crippen LogP contribution in [0.25, 0.3) is 0 Å². The van der Waals surface area contributed by atoms with Gasteiger partial charge in [-0.3, -0.25) is 9.59 Å². The summed E-state index contributed by atoms with van der Waals surface area (Å²) in [4.78, 5) is 41.0. The Hall–Kier alpha value is -3.15. The molecule has 1 amide bonds. The van der Waals surface area contributed by atoms with Crippen LogP contribution in [0.2, 0.25) is 0 Å². The molecule has 0 spiro atoms. The number of ether oxygens (including phenoxy) is 2. The molecule has 0 bridgehead atoms. The molecular formula is C33H45NO5. The van der Waals surface area contributed by atoms with Crippen LogP contribution in [0.5, 0.6) is 5.75 Å². The van der Waals surface area contributed by atoms with Gasteiger partial charge in [0.05, 0.1) is 0 Å². The molecule has 1 aliphatic rings. The molecule has 1 fully saturated rings. The summed E-state index contributed by atoms with van der Waals surface area (Å²) in [5.74, 6) is 0.311. The Morgan fingerprint density at radius 2 is 1.38 bits per heavy atom. The quantitative estimate of drug-likeness (QED) is 0.204. The van der Waals surface area contributed by atoms with E-state index in [0.717, 1.165) is 55.2 Å². The molecule has 39 heavy (non-hydrogen) atoms. The Bertz CT molecular complexity index is 1100. The van der Waals surface area contributed by atoms with E-state index in [-0.39, 0.29) is 11.7 Å². The second kappa shape index (κ2) is 14.3. The fraction of sp³-hybridized carbons (Fsp3) is 0.545. The van der Waals surface area contributed by atoms with E-state index in [1.165, 1.54) is 0 Å². The van der Waals surface area contributed by atoms with Crippen LogP contribution in [0, 0.1) is 0 Å². The van der Waals surface area contributed by atoms with Crippen LogP contribution in [-0.2, 0) is 27.2 Å². The van der Waals surface area contributed by atoms with Gasteiger partial charge in [-0.15, -0.1) is 0 Å². The van der Waals surface area contributed by atoms with Gasteiger partial charge in [-0.1, -0.05) is 71.7 Å². The minimum atomic E-state index is -1.04. The molecule has 6 nitrogen and oxygen atoms in total. The lowest BCUT2D eigenvalue weighted by atomic mass is 9.95. The number of benzene rings is 2. The first kappa shape index (κ1) is 30.4. The minimum Gasteiger partial charge on any atom is -0.473 e. The molecule has 0 N–H and O–H groups in total. The number of carbonyl (C=O) groups is 3. The largest absolute Gasteiger partial charge is 0.473 e. The van der Waals surface area contributed by atoms with Crippen LogP contribution in [0.1, 0.15) is 118 Å². The summed E-state index contributed by atoms with van der Waals surface area (Å²) in [5.41, 5.74) is 4.34. The summed E-state index contributed by atoms with van der Waals surface area (Å²) in [6.45, 7) is 13.3. The summed E-state index contributed by atoms with van der Waals surface area (Å²) >= 11 is 0. The molecule has 0 aliphatic carbocycles. The fourth-order valence-electron chi connectivity index (χ4n) is 5.09. The number of carbonyl (C=O) groups excluding carboxylic acids is 3. The van der Waals surface area contributed by atoms with Crippen LogP contribution in [0.15, 0.2) is 36.4 Å². The molecule has 1 saturated heterocycles. The van der Waals surface area contributed by atoms with E-state index >= 15 is 0 Å². The predicted molar refractivity (Wildman–Crippen MR) is 154 cm³/mol. The number of aryl methyl sites for hydroxylation is 2. The Labute approximate surface area is 234 Å². The standard InChI is InChI=1S/C33H45NO5/c1-7-12-26-20-28(29(35)9-3)21-27(13-8-2)30(26)39-31(25-16-14-24(15-17-25)22(4)5)33(37)38-23(6)32(36)34-18-10-11-19-34/h14-17,20-23,31H,7-13,18-19H2,1-6H3/t23-,31+/m1/s1. The third kappa shape index (κ3) is 7.71. The van der Waals surface area contributed by atoms with Crippen molar-refractivity contribution in [2.24, 2.45) is 0 Å². The van der Waals surface area contributed by atoms with Crippen LogP contribution < -0.4 is 4.74 Å². The van der Waals surface area contributed by atoms with E-state index in [2.05, 4.69) is 27.7 Å². The molecule has 6 heteroatoms. The molecule has 1 aliphatic heterocycles. The molecule has 0 radical (unpaired) electrons. The van der Waals surface area contributed by atoms with Crippen molar-refractivity contribution in [1.82, 2.24) is 4.90 Å². The van der Waals surface area contributed by atoms with E-state index in [1.54, 1.807) is 11.8 Å². The van der Waals surface area contributed by atoms with Gasteiger partial charge in [-0.2, -0.15) is 0 Å². The monoisotopic (exact) mass is 535 g/mol. The number of rotatable bonds is 13. The van der Waals surface area contributed by atoms with Crippen molar-refractivity contribution in [3.05, 3.63) is 64.2 Å². The Morgan fingerprint density at radius 3 is 1.87 bits per heavy atom. The molecule has 0 aromatic heterocycles. The van der Waals surface area contributed by atoms with Gasteiger partial charge >= 0.3 is 5.97 Å². The summed E-state index contributed by atoms with van der Waals surface area (Å²) in [6.07, 6.45) is 3.59. The summed E-state index contributed by atoms with van der Waals surface area (Å²) in [5, 5.41) is 0. The number of amides is 1. The third-order valence-corrected chi connectivity index (χ3v) is 7.34. The Balaban J connectivity index is 2.02. The normalized spacial score (nSPS) is 14.8. The SMILES string of the molecule is CCCc1cc(C(=O)CC)cc(CCC)c1O[C@H](C(=O)O[C@H](C)C(=O)N1CCCC1)c1ccc(C(C)C)cc1. The molecule has 0 unspecified atom stereocenters. The Morgan fingerprint density at radius 1 is 0.846 bits per heavy atom. The number of Topliss-reactive ketones (excluding diaryl/α,β-unsaturated/α-hetero) is 1. The minimum absolute atomic E-state index is 0.0886. The molecule has 1 heterocycles. The van der Waals surface area contributed by atoms with Crippen molar-refractivity contribution < 1.29 is 23.9 Å². The van der Waals surface area contributed by atoms with Gasteiger partial charge < -0.3 is 14.4 Å². The van der Waals surface area contributed by atoms with Crippen molar-refractivity contribution in [2.75, 3.05) is 13.1 Å². The molecule has 3 rings (SSSR count). The number of ketones is 1. The van der Waals surface area contributed by atoms with Crippen LogP contribution in [0.4, 0.5) is 0 Å². The van der Waals surface area contributed by atoms with Gasteiger partial charge in [0.25, 0.3) is 5.91 Å². The molecule has 2 aromatic carbocycles. The number of hydrogen-bond donors (Lipinski definition) is 0. The first-order chi connectivity index (χ1) is 18.7. The zero-order valence-electron chi connectivity index (χ0n) is 24.5. The van der Waals surface area contributed by atoms with Crippen LogP contribution in [-0.4, -0.2) is 41.8 Å². The molecule has 0 saturated carbocycles. The lowest BCUT2D eigenvalue weighted by Crippen LogP contribution is -2.39. The number of likely N-dealkylation sites (tertiary alicyclic amines) is 1. The molecule has 2 aromatic rings. The highest BCUT2D eigenvalue weighted by molar-refractivity contribution is 5.96. The number of hydrogen-bond acceptors (Lipinski definition) is 5. The van der Waals surface area contributed by atoms with E-state index in [9.17, 15) is 14.4 Å². The van der Waals surface area contributed by atoms with E-state index in [4.69, 9.17) is 9.47 Å². The fourth-order valence-corrected chi connectivity index (χ4v) is 5.09. The first-order valence-corrected chi connectivity index (χ1v) is 14.6. The smallest absolute Gasteiger partial charge is 0.352 e. The van der Waals surface area contributed by atoms with Crippen molar-refractivity contribution in [2.45, 2.75) is 105 Å². The zero-order chi connectivity index (χ0) is 28.5. The number of esters is 1. The van der Waals surface area contributed by atoms with Crippen molar-refractivity contribution in [3.8, 4) is 5.75 Å². The maximum absolute atomic E-state index is 13.7. The van der Waals surface area contributed by atoms with Gasteiger partial charge in [0.15, 0.2) is 11.9 Å². The van der Waals surface area contributed by atoms with Crippen LogP contribution >= 0.6 is 0 Å². The topological polar surface area (TPSA) is 72.9 Å². The molecular weight excluding hydrogens is 490 g/mol. The zero-order valence-corrected chi connectivity index (χ0v) is 24.5. The van der Waals surface area contributed by atoms with Gasteiger partial charge in [0.2, 0.25) is 6.10 Å². The van der Waals surface area contributed by atoms with Gasteiger partial charge in [0, 0.05) is 30.6 Å². The van der Waals surface area contributed by atoms with E-state index < -0.39 is 18.2 Å². The van der Waals surface area contributed by atoms with E-state index in [0.29, 0.717) is 42.3 Å². The number of nitrogens with zero attached hydrogens (tertiary/aromatic N) is 1. The van der Waals surface area contributed by atoms with E-state index in [1.807, 2.05) is 43.3 Å². The van der Waals surface area contributed by atoms with Gasteiger partial charge in [-0.05, 0) is 67.3 Å². The summed E-state index contributed by atoms with van der Waals surface area (Å²) in [7, 11) is 0. The van der Waals surface area contributed by atoms with Crippen molar-refractivity contribution in [1.29, 1.82) is 0 Å². The molecule has 2 atom stereocenters. The highest BCUT2D eigenvalue weighted by Gasteiger charge is 2.32. The lowest BCUT2D eigenvalue weighted by Gasteiger charge is -2.26. The lowest BCUT2D eigenvalue weighted by molar-refractivity contribution is -0.164. The molecule has 212 valence electrons. The highest BCUT2D eigenvalue weighted by Crippen LogP contribution is 2.34. The van der Waals surface area contributed by atoms with Gasteiger partial charge in [0.1, 0.15) is 5.75 Å². The third-order valence-electron chi connectivity index (χ3n) is 7.34. The second-order valence-corrected chi connectivity index (χ2v) is 10.8. The second-order valence-electron chi connectivity index (χ2n) is 10.8. The summed E-state index contributed by atoms with van der Waals surface area (Å²) in [6, 6.07) is 11.6. The summed E-state index contributed by atoms with van der Waals surface area (Å²) < 4.78 is 12.4. The van der Waals surface area contributed by atoms with Crippen molar-refractivity contribution >= 4 is 17.7 Å². The maximum Gasteiger partial charge on any atom is 0.352 e. The van der Waals surface area contributed by atoms with Crippen molar-refractivity contribution in [3.63, 3.8) is 0 Å². The first-order valence-electron chi connectivity index (χ1n) is 14.6. The predicted octanol–water partition coefficient (Wildman–Crippen LogP) is 6.98.